The summed E-state index contributed by atoms with van der Waals surface area (Å²) < 4.78 is 9.62. The monoisotopic (exact) mass is 1060 g/mol. The Kier molecular flexibility index (Phi) is 10.0. The summed E-state index contributed by atoms with van der Waals surface area (Å²) in [7, 11) is 0. The minimum atomic E-state index is -0.181. The topological polar surface area (TPSA) is 22.9 Å². The molecule has 2 unspecified atom stereocenters. The van der Waals surface area contributed by atoms with Gasteiger partial charge in [0.15, 0.2) is 0 Å². The molecule has 0 bridgehead atoms. The second kappa shape index (κ2) is 16.5. The van der Waals surface area contributed by atoms with Crippen molar-refractivity contribution in [1.82, 2.24) is 0 Å². The Morgan fingerprint density at radius 3 is 1.96 bits per heavy atom. The quantitative estimate of drug-likeness (QED) is 0.164. The van der Waals surface area contributed by atoms with Gasteiger partial charge in [-0.3, -0.25) is 0 Å². The average molecular weight is 1060 g/mol. The zero-order valence-corrected chi connectivity index (χ0v) is 48.5. The molecule has 0 radical (unpaired) electrons. The molecule has 9 aromatic carbocycles. The third-order valence-corrected chi connectivity index (χ3v) is 21.7. The maximum atomic E-state index is 7.00. The van der Waals surface area contributed by atoms with Gasteiger partial charge in [-0.2, -0.15) is 0 Å². The van der Waals surface area contributed by atoms with E-state index in [4.69, 9.17) is 4.42 Å². The van der Waals surface area contributed by atoms with E-state index in [1.807, 2.05) is 11.3 Å². The normalized spacial score (nSPS) is 20.5. The Morgan fingerprint density at radius 1 is 0.487 bits per heavy atom. The fourth-order valence-electron chi connectivity index (χ4n) is 16.1. The summed E-state index contributed by atoms with van der Waals surface area (Å²) in [6.45, 7) is 22.1. The zero-order valence-electron chi connectivity index (χ0n) is 47.7. The van der Waals surface area contributed by atoms with Crippen LogP contribution in [-0.2, 0) is 21.7 Å². The largest absolute Gasteiger partial charge is 0.456 e. The van der Waals surface area contributed by atoms with E-state index in [9.17, 15) is 0 Å². The van der Waals surface area contributed by atoms with E-state index in [2.05, 4.69) is 253 Å². The van der Waals surface area contributed by atoms with E-state index in [0.29, 0.717) is 0 Å². The maximum absolute atomic E-state index is 7.00. The molecule has 0 spiro atoms. The van der Waals surface area contributed by atoms with Crippen LogP contribution in [0.25, 0.3) is 53.2 Å². The molecule has 394 valence electrons. The summed E-state index contributed by atoms with van der Waals surface area (Å²) in [5.74, 6) is 0. The van der Waals surface area contributed by atoms with Crippen molar-refractivity contribution in [3.8, 4) is 11.1 Å². The SMILES string of the molecule is CC(C)(C)c1ccc(N2c3cc(N4c5ccccc5C5(C)CCCCC45C)cc4c3B(c3cc5c(cc3N4c3cccc4sc6ccccc6c34)C(C)(C)CCC5(C)C)c3ccc4oc5ccccc5c4c32)c(-c2ccccc2)c1. The molecule has 5 heterocycles. The molecule has 2 aromatic heterocycles. The van der Waals surface area contributed by atoms with Gasteiger partial charge in [-0.1, -0.05) is 177 Å². The second-order valence-corrected chi connectivity index (χ2v) is 28.0. The van der Waals surface area contributed by atoms with Gasteiger partial charge < -0.3 is 19.1 Å². The summed E-state index contributed by atoms with van der Waals surface area (Å²) in [6, 6.07) is 68.2. The molecule has 1 fully saturated rings. The number of furan rings is 1. The lowest BCUT2D eigenvalue weighted by Crippen LogP contribution is -2.62. The Hall–Kier alpha value is -7.54. The summed E-state index contributed by atoms with van der Waals surface area (Å²) >= 11 is 1.91. The zero-order chi connectivity index (χ0) is 54.4. The van der Waals surface area contributed by atoms with Crippen molar-refractivity contribution < 1.29 is 4.42 Å². The number of para-hydroxylation sites is 2. The molecule has 80 heavy (non-hydrogen) atoms. The van der Waals surface area contributed by atoms with Gasteiger partial charge in [0.25, 0.3) is 6.71 Å². The fraction of sp³-hybridized carbons (Fsp3) is 0.270. The first kappa shape index (κ1) is 48.4. The van der Waals surface area contributed by atoms with Crippen LogP contribution < -0.4 is 31.1 Å². The third kappa shape index (κ3) is 6.51. The Morgan fingerprint density at radius 2 is 1.16 bits per heavy atom. The smallest absolute Gasteiger partial charge is 0.252 e. The van der Waals surface area contributed by atoms with Crippen molar-refractivity contribution in [2.45, 2.75) is 128 Å². The number of rotatable bonds is 4. The average Bonchev–Trinajstić information content (AvgIpc) is 2.31. The third-order valence-electron chi connectivity index (χ3n) is 20.6. The van der Waals surface area contributed by atoms with E-state index in [1.54, 1.807) is 0 Å². The first-order valence-electron chi connectivity index (χ1n) is 29.5. The lowest BCUT2D eigenvalue weighted by atomic mass is 9.33. The molecule has 2 aliphatic carbocycles. The standard InChI is InChI=1S/C74H68BN3OS/c1-70(2,3)46-32-34-56(50(40-46)45-22-11-10-12-23-45)77-61-42-47(78-57-27-16-15-26-51(57)73(8)36-19-20-37-74(73,78)9)41-60-68(61)75(54-33-35-63-67(69(54)77)48-24-13-17-29-62(48)79-63)55-43-52-53(72(6,7)39-38-71(52,4)5)44-59(55)76(60)58-28-21-31-65-66(58)49-25-14-18-30-64(49)80-65/h10-18,21-35,40-44H,19-20,36-39H2,1-9H3. The van der Waals surface area contributed by atoms with Crippen LogP contribution in [0.2, 0.25) is 0 Å². The van der Waals surface area contributed by atoms with Gasteiger partial charge >= 0.3 is 0 Å². The van der Waals surface area contributed by atoms with Crippen molar-refractivity contribution in [2.75, 3.05) is 14.7 Å². The van der Waals surface area contributed by atoms with Gasteiger partial charge in [0.05, 0.1) is 28.0 Å². The Bertz CT molecular complexity index is 4440. The maximum Gasteiger partial charge on any atom is 0.252 e. The van der Waals surface area contributed by atoms with Gasteiger partial charge in [0, 0.05) is 65.0 Å². The highest BCUT2D eigenvalue weighted by molar-refractivity contribution is 7.26. The highest BCUT2D eigenvalue weighted by Crippen LogP contribution is 2.63. The predicted molar refractivity (Wildman–Crippen MR) is 343 cm³/mol. The van der Waals surface area contributed by atoms with Crippen LogP contribution in [0.4, 0.5) is 45.5 Å². The summed E-state index contributed by atoms with van der Waals surface area (Å²) in [5, 5.41) is 4.92. The highest BCUT2D eigenvalue weighted by Gasteiger charge is 2.58. The van der Waals surface area contributed by atoms with Crippen LogP contribution in [0.1, 0.15) is 123 Å². The lowest BCUT2D eigenvalue weighted by Gasteiger charge is -2.51. The highest BCUT2D eigenvalue weighted by atomic mass is 32.1. The molecule has 0 amide bonds. The van der Waals surface area contributed by atoms with Crippen LogP contribution in [0, 0.1) is 0 Å². The number of fused-ring (bicyclic) bond motifs is 15. The fourth-order valence-corrected chi connectivity index (χ4v) is 17.2. The van der Waals surface area contributed by atoms with Gasteiger partial charge in [-0.15, -0.1) is 11.3 Å². The predicted octanol–water partition coefficient (Wildman–Crippen LogP) is 19.1. The molecule has 5 aliphatic rings. The van der Waals surface area contributed by atoms with Gasteiger partial charge in [0.1, 0.15) is 11.2 Å². The molecule has 0 N–H and O–H groups in total. The summed E-state index contributed by atoms with van der Waals surface area (Å²) in [6.07, 6.45) is 6.98. The lowest BCUT2D eigenvalue weighted by molar-refractivity contribution is 0.195. The summed E-state index contributed by atoms with van der Waals surface area (Å²) in [4.78, 5) is 8.29. The Labute approximate surface area is 475 Å². The minimum absolute atomic E-state index is 0.0138. The number of benzene rings is 9. The van der Waals surface area contributed by atoms with Crippen molar-refractivity contribution in [2.24, 2.45) is 0 Å². The molecule has 0 saturated heterocycles. The summed E-state index contributed by atoms with van der Waals surface area (Å²) in [5.41, 5.74) is 23.5. The van der Waals surface area contributed by atoms with Crippen molar-refractivity contribution in [1.29, 1.82) is 0 Å². The molecular formula is C74H68BN3OS. The number of thiophene rings is 1. The van der Waals surface area contributed by atoms with Crippen LogP contribution in [0.15, 0.2) is 180 Å². The number of hydrogen-bond acceptors (Lipinski definition) is 5. The number of hydrogen-bond donors (Lipinski definition) is 0. The van der Waals surface area contributed by atoms with Crippen LogP contribution in [0.5, 0.6) is 0 Å². The van der Waals surface area contributed by atoms with E-state index in [0.717, 1.165) is 53.3 Å². The molecule has 3 aliphatic heterocycles. The molecule has 6 heteroatoms. The van der Waals surface area contributed by atoms with Gasteiger partial charge in [-0.05, 0) is 160 Å². The second-order valence-electron chi connectivity index (χ2n) is 27.0. The molecule has 11 aromatic rings. The minimum Gasteiger partial charge on any atom is -0.456 e. The molecule has 2 atom stereocenters. The van der Waals surface area contributed by atoms with E-state index in [-0.39, 0.29) is 33.9 Å². The molecule has 1 saturated carbocycles. The molecular weight excluding hydrogens is 990 g/mol. The first-order valence-corrected chi connectivity index (χ1v) is 30.3. The van der Waals surface area contributed by atoms with E-state index < -0.39 is 0 Å². The number of nitrogens with zero attached hydrogens (tertiary/aromatic N) is 3. The number of anilines is 8. The first-order chi connectivity index (χ1) is 38.5. The van der Waals surface area contributed by atoms with Crippen molar-refractivity contribution >= 4 is 122 Å². The van der Waals surface area contributed by atoms with Crippen molar-refractivity contribution in [3.63, 3.8) is 0 Å². The van der Waals surface area contributed by atoms with Gasteiger partial charge in [0.2, 0.25) is 0 Å². The molecule has 4 nitrogen and oxygen atoms in total. The van der Waals surface area contributed by atoms with Crippen LogP contribution in [-0.4, -0.2) is 12.3 Å². The van der Waals surface area contributed by atoms with Crippen LogP contribution >= 0.6 is 11.3 Å². The van der Waals surface area contributed by atoms with Crippen LogP contribution in [0.3, 0.4) is 0 Å². The van der Waals surface area contributed by atoms with Crippen molar-refractivity contribution in [3.05, 3.63) is 198 Å². The van der Waals surface area contributed by atoms with E-state index in [1.165, 1.54) is 123 Å². The van der Waals surface area contributed by atoms with E-state index >= 15 is 0 Å². The Balaban J connectivity index is 1.12. The molecule has 16 rings (SSSR count). The van der Waals surface area contributed by atoms with Gasteiger partial charge in [-0.25, -0.2) is 0 Å².